The minimum absolute atomic E-state index is 0.328. The quantitative estimate of drug-likeness (QED) is 0.846. The van der Waals surface area contributed by atoms with Crippen LogP contribution in [-0.4, -0.2) is 17.6 Å². The van der Waals surface area contributed by atoms with Crippen LogP contribution in [0.15, 0.2) is 22.7 Å². The summed E-state index contributed by atoms with van der Waals surface area (Å²) in [5.41, 5.74) is 1.16. The lowest BCUT2D eigenvalue weighted by Gasteiger charge is -2.14. The third kappa shape index (κ3) is 3.74. The van der Waals surface area contributed by atoms with Crippen LogP contribution >= 0.6 is 15.9 Å². The molecule has 2 N–H and O–H groups in total. The van der Waals surface area contributed by atoms with Gasteiger partial charge in [-0.1, -0.05) is 19.4 Å². The Hall–Kier alpha value is -1.54. The van der Waals surface area contributed by atoms with Crippen LogP contribution in [0.5, 0.6) is 0 Å². The van der Waals surface area contributed by atoms with Crippen LogP contribution in [0.25, 0.3) is 0 Å². The number of benzene rings is 1. The molecule has 1 unspecified atom stereocenters. The number of rotatable bonds is 6. The molecule has 0 aromatic heterocycles. The summed E-state index contributed by atoms with van der Waals surface area (Å²) in [6, 6.07) is 7.45. The molecule has 96 valence electrons. The smallest absolute Gasteiger partial charge is 0.308 e. The van der Waals surface area contributed by atoms with Gasteiger partial charge >= 0.3 is 5.97 Å². The van der Waals surface area contributed by atoms with E-state index in [-0.39, 0.29) is 0 Å². The number of hydrogen-bond acceptors (Lipinski definition) is 3. The van der Waals surface area contributed by atoms with Gasteiger partial charge in [0.05, 0.1) is 17.2 Å². The molecular formula is C13H15BrN2O2. The second kappa shape index (κ2) is 7.02. The van der Waals surface area contributed by atoms with Crippen molar-refractivity contribution < 1.29 is 9.90 Å². The molecule has 0 aliphatic carbocycles. The highest BCUT2D eigenvalue weighted by Crippen LogP contribution is 2.24. The van der Waals surface area contributed by atoms with E-state index in [1.165, 1.54) is 0 Å². The minimum atomic E-state index is -0.808. The summed E-state index contributed by atoms with van der Waals surface area (Å²) in [5, 5.41) is 21.1. The maximum Gasteiger partial charge on any atom is 0.308 e. The van der Waals surface area contributed by atoms with Gasteiger partial charge in [0.15, 0.2) is 0 Å². The Morgan fingerprint density at radius 1 is 1.61 bits per heavy atom. The van der Waals surface area contributed by atoms with Crippen molar-refractivity contribution in [3.63, 3.8) is 0 Å². The number of hydrogen-bond donors (Lipinski definition) is 2. The van der Waals surface area contributed by atoms with E-state index in [2.05, 4.69) is 27.3 Å². The maximum absolute atomic E-state index is 11.0. The molecule has 18 heavy (non-hydrogen) atoms. The average molecular weight is 311 g/mol. The molecule has 5 heteroatoms. The van der Waals surface area contributed by atoms with E-state index in [0.717, 1.165) is 6.42 Å². The third-order valence-electron chi connectivity index (χ3n) is 2.65. The molecule has 0 aliphatic heterocycles. The van der Waals surface area contributed by atoms with Crippen LogP contribution < -0.4 is 5.32 Å². The van der Waals surface area contributed by atoms with Gasteiger partial charge in [0.2, 0.25) is 0 Å². The van der Waals surface area contributed by atoms with Crippen molar-refractivity contribution in [3.05, 3.63) is 28.2 Å². The number of carboxylic acid groups (broad SMARTS) is 1. The Balaban J connectivity index is 2.77. The molecule has 0 fully saturated rings. The number of halogens is 1. The van der Waals surface area contributed by atoms with Gasteiger partial charge in [0.1, 0.15) is 6.07 Å². The number of nitrogens with one attached hydrogen (secondary N) is 1. The lowest BCUT2D eigenvalue weighted by molar-refractivity contribution is -0.141. The number of nitrogens with zero attached hydrogens (tertiary/aromatic N) is 1. The van der Waals surface area contributed by atoms with Crippen molar-refractivity contribution in [2.24, 2.45) is 5.92 Å². The Morgan fingerprint density at radius 2 is 2.33 bits per heavy atom. The lowest BCUT2D eigenvalue weighted by atomic mass is 10.0. The molecular weight excluding hydrogens is 296 g/mol. The van der Waals surface area contributed by atoms with E-state index in [1.807, 2.05) is 13.0 Å². The molecule has 4 nitrogen and oxygen atoms in total. The van der Waals surface area contributed by atoms with Crippen LogP contribution in [0.4, 0.5) is 5.69 Å². The topological polar surface area (TPSA) is 73.1 Å². The van der Waals surface area contributed by atoms with Gasteiger partial charge in [-0.3, -0.25) is 4.79 Å². The van der Waals surface area contributed by atoms with Gasteiger partial charge in [-0.05, 0) is 34.5 Å². The minimum Gasteiger partial charge on any atom is -0.481 e. The van der Waals surface area contributed by atoms with Crippen molar-refractivity contribution >= 4 is 27.6 Å². The lowest BCUT2D eigenvalue weighted by Crippen LogP contribution is -2.23. The largest absolute Gasteiger partial charge is 0.481 e. The molecule has 0 saturated heterocycles. The first-order valence-electron chi connectivity index (χ1n) is 5.75. The van der Waals surface area contributed by atoms with Crippen molar-refractivity contribution in [2.75, 3.05) is 11.9 Å². The Kier molecular flexibility index (Phi) is 5.66. The van der Waals surface area contributed by atoms with Crippen LogP contribution in [-0.2, 0) is 4.79 Å². The summed E-state index contributed by atoms with van der Waals surface area (Å²) in [7, 11) is 0. The molecule has 0 bridgehead atoms. The highest BCUT2D eigenvalue weighted by molar-refractivity contribution is 9.10. The standard InChI is InChI=1S/C13H15BrN2O2/c1-2-4-9(13(17)18)8-16-12-6-3-5-11(14)10(12)7-15/h3,5-6,9,16H,2,4,8H2,1H3,(H,17,18). The molecule has 0 saturated carbocycles. The van der Waals surface area contributed by atoms with Gasteiger partial charge in [0, 0.05) is 11.0 Å². The predicted molar refractivity (Wildman–Crippen MR) is 73.4 cm³/mol. The monoisotopic (exact) mass is 310 g/mol. The Labute approximate surface area is 115 Å². The zero-order valence-electron chi connectivity index (χ0n) is 10.1. The summed E-state index contributed by atoms with van der Waals surface area (Å²) < 4.78 is 0.706. The molecule has 0 heterocycles. The third-order valence-corrected chi connectivity index (χ3v) is 3.31. The summed E-state index contributed by atoms with van der Waals surface area (Å²) in [4.78, 5) is 11.0. The average Bonchev–Trinajstić information content (AvgIpc) is 2.34. The first-order valence-corrected chi connectivity index (χ1v) is 6.54. The number of nitriles is 1. The summed E-state index contributed by atoms with van der Waals surface area (Å²) in [6.07, 6.45) is 1.44. The number of anilines is 1. The molecule has 0 amide bonds. The van der Waals surface area contributed by atoms with Gasteiger partial charge < -0.3 is 10.4 Å². The summed E-state index contributed by atoms with van der Waals surface area (Å²) in [6.45, 7) is 2.28. The van der Waals surface area contributed by atoms with Gasteiger partial charge in [-0.2, -0.15) is 5.26 Å². The molecule has 1 aromatic rings. The number of carboxylic acids is 1. The van der Waals surface area contributed by atoms with Crippen molar-refractivity contribution in [3.8, 4) is 6.07 Å². The summed E-state index contributed by atoms with van der Waals surface area (Å²) >= 11 is 3.30. The van der Waals surface area contributed by atoms with E-state index in [4.69, 9.17) is 10.4 Å². The highest BCUT2D eigenvalue weighted by atomic mass is 79.9. The van der Waals surface area contributed by atoms with Crippen LogP contribution in [0, 0.1) is 17.2 Å². The number of aliphatic carboxylic acids is 1. The molecule has 0 aliphatic rings. The van der Waals surface area contributed by atoms with E-state index in [0.29, 0.717) is 28.7 Å². The van der Waals surface area contributed by atoms with Gasteiger partial charge in [-0.15, -0.1) is 0 Å². The van der Waals surface area contributed by atoms with Crippen LogP contribution in [0.3, 0.4) is 0 Å². The maximum atomic E-state index is 11.0. The fourth-order valence-corrected chi connectivity index (χ4v) is 2.13. The first-order chi connectivity index (χ1) is 8.60. The van der Waals surface area contributed by atoms with Crippen molar-refractivity contribution in [1.29, 1.82) is 5.26 Å². The zero-order valence-corrected chi connectivity index (χ0v) is 11.7. The second-order valence-corrected chi connectivity index (χ2v) is 4.83. The van der Waals surface area contributed by atoms with E-state index in [1.54, 1.807) is 12.1 Å². The Bertz CT molecular complexity index is 469. The van der Waals surface area contributed by atoms with Crippen molar-refractivity contribution in [1.82, 2.24) is 0 Å². The zero-order chi connectivity index (χ0) is 13.5. The summed E-state index contributed by atoms with van der Waals surface area (Å²) in [5.74, 6) is -1.24. The van der Waals surface area contributed by atoms with E-state index >= 15 is 0 Å². The van der Waals surface area contributed by atoms with Crippen molar-refractivity contribution in [2.45, 2.75) is 19.8 Å². The molecule has 0 spiro atoms. The fourth-order valence-electron chi connectivity index (χ4n) is 1.68. The fraction of sp³-hybridized carbons (Fsp3) is 0.385. The van der Waals surface area contributed by atoms with Gasteiger partial charge in [-0.25, -0.2) is 0 Å². The normalized spacial score (nSPS) is 11.6. The molecule has 1 rings (SSSR count). The number of carbonyl (C=O) groups is 1. The second-order valence-electron chi connectivity index (χ2n) is 3.98. The van der Waals surface area contributed by atoms with Gasteiger partial charge in [0.25, 0.3) is 0 Å². The Morgan fingerprint density at radius 3 is 2.89 bits per heavy atom. The van der Waals surface area contributed by atoms with Crippen LogP contribution in [0.1, 0.15) is 25.3 Å². The molecule has 1 aromatic carbocycles. The SMILES string of the molecule is CCCC(CNc1cccc(Br)c1C#N)C(=O)O. The predicted octanol–water partition coefficient (Wildman–Crippen LogP) is 3.23. The van der Waals surface area contributed by atoms with E-state index < -0.39 is 11.9 Å². The van der Waals surface area contributed by atoms with E-state index in [9.17, 15) is 4.79 Å². The molecule has 0 radical (unpaired) electrons. The highest BCUT2D eigenvalue weighted by Gasteiger charge is 2.16. The van der Waals surface area contributed by atoms with Crippen LogP contribution in [0.2, 0.25) is 0 Å². The molecule has 1 atom stereocenters. The first kappa shape index (κ1) is 14.5.